The number of hydrogen-bond acceptors (Lipinski definition) is 2. The molecule has 3 rings (SSSR count). The first kappa shape index (κ1) is 23.6. The van der Waals surface area contributed by atoms with Crippen LogP contribution in [0.2, 0.25) is 0 Å². The highest BCUT2D eigenvalue weighted by Gasteiger charge is 2.30. The van der Waals surface area contributed by atoms with Gasteiger partial charge in [-0.1, -0.05) is 24.3 Å². The highest BCUT2D eigenvalue weighted by molar-refractivity contribution is 5.94. The molecule has 0 spiro atoms. The molecule has 1 heterocycles. The Kier molecular flexibility index (Phi) is 7.43. The maximum atomic E-state index is 12.9. The number of halogens is 3. The first-order valence-electron chi connectivity index (χ1n) is 10.7. The number of nitrogens with zero attached hydrogens (tertiary/aromatic N) is 1. The van der Waals surface area contributed by atoms with Gasteiger partial charge >= 0.3 is 12.2 Å². The van der Waals surface area contributed by atoms with Crippen LogP contribution in [0.4, 0.5) is 18.0 Å². The molecule has 2 aromatic rings. The normalized spacial score (nSPS) is 16.7. The second-order valence-electron chi connectivity index (χ2n) is 8.40. The number of nitrogens with one attached hydrogen (secondary N) is 2. The van der Waals surface area contributed by atoms with E-state index in [0.29, 0.717) is 24.2 Å². The molecule has 172 valence electrons. The van der Waals surface area contributed by atoms with Gasteiger partial charge in [-0.3, -0.25) is 4.79 Å². The van der Waals surface area contributed by atoms with Crippen molar-refractivity contribution in [3.63, 3.8) is 0 Å². The number of likely N-dealkylation sites (tertiary alicyclic amines) is 1. The number of amides is 3. The minimum atomic E-state index is -4.42. The molecule has 1 fully saturated rings. The Balaban J connectivity index is 1.64. The molecule has 32 heavy (non-hydrogen) atoms. The molecule has 1 aliphatic rings. The quantitative estimate of drug-likeness (QED) is 0.683. The molecule has 0 aliphatic carbocycles. The summed E-state index contributed by atoms with van der Waals surface area (Å²) in [5, 5.41) is 5.60. The van der Waals surface area contributed by atoms with Crippen LogP contribution in [0, 0.1) is 0 Å². The molecule has 1 aliphatic heterocycles. The van der Waals surface area contributed by atoms with Crippen molar-refractivity contribution in [3.05, 3.63) is 70.8 Å². The van der Waals surface area contributed by atoms with E-state index >= 15 is 0 Å². The fraction of sp³-hybridized carbons (Fsp3) is 0.417. The van der Waals surface area contributed by atoms with Gasteiger partial charge in [0.05, 0.1) is 5.56 Å². The van der Waals surface area contributed by atoms with Crippen LogP contribution in [0.15, 0.2) is 48.5 Å². The van der Waals surface area contributed by atoms with E-state index in [9.17, 15) is 22.8 Å². The number of piperidine rings is 1. The van der Waals surface area contributed by atoms with Crippen LogP contribution in [0.5, 0.6) is 0 Å². The maximum Gasteiger partial charge on any atom is 0.416 e. The Hall–Kier alpha value is -3.03. The van der Waals surface area contributed by atoms with E-state index in [4.69, 9.17) is 0 Å². The zero-order valence-electron chi connectivity index (χ0n) is 18.2. The van der Waals surface area contributed by atoms with Gasteiger partial charge in [0.15, 0.2) is 0 Å². The van der Waals surface area contributed by atoms with Gasteiger partial charge in [-0.2, -0.15) is 13.2 Å². The third-order valence-electron chi connectivity index (χ3n) is 5.45. The minimum absolute atomic E-state index is 0.000436. The molecule has 0 radical (unpaired) electrons. The molecule has 3 amide bonds. The zero-order valence-corrected chi connectivity index (χ0v) is 18.2. The largest absolute Gasteiger partial charge is 0.416 e. The van der Waals surface area contributed by atoms with E-state index in [1.165, 1.54) is 6.07 Å². The SMILES string of the molecule is CC(C)NC(=O)N1CCC[C@@H](c2cccc(C(=O)NCc3cccc(C(F)(F)F)c3)c2)C1. The average Bonchev–Trinajstić information content (AvgIpc) is 2.77. The number of alkyl halides is 3. The van der Waals surface area contributed by atoms with Crippen LogP contribution >= 0.6 is 0 Å². The molecule has 1 atom stereocenters. The summed E-state index contributed by atoms with van der Waals surface area (Å²) >= 11 is 0. The van der Waals surface area contributed by atoms with Crippen LogP contribution in [0.25, 0.3) is 0 Å². The second kappa shape index (κ2) is 10.1. The molecular formula is C24H28F3N3O2. The molecule has 0 saturated carbocycles. The van der Waals surface area contributed by atoms with Gasteiger partial charge in [0.1, 0.15) is 0 Å². The van der Waals surface area contributed by atoms with E-state index in [1.54, 1.807) is 29.2 Å². The van der Waals surface area contributed by atoms with Crippen molar-refractivity contribution in [1.82, 2.24) is 15.5 Å². The minimum Gasteiger partial charge on any atom is -0.348 e. The highest BCUT2D eigenvalue weighted by atomic mass is 19.4. The summed E-state index contributed by atoms with van der Waals surface area (Å²) in [5.74, 6) is -0.229. The molecule has 0 bridgehead atoms. The molecule has 0 unspecified atom stereocenters. The van der Waals surface area contributed by atoms with E-state index in [0.717, 1.165) is 30.5 Å². The number of carbonyl (C=O) groups excluding carboxylic acids is 2. The lowest BCUT2D eigenvalue weighted by atomic mass is 9.89. The molecule has 0 aromatic heterocycles. The first-order chi connectivity index (χ1) is 15.1. The van der Waals surface area contributed by atoms with Crippen LogP contribution < -0.4 is 10.6 Å². The van der Waals surface area contributed by atoms with Gasteiger partial charge in [-0.15, -0.1) is 0 Å². The topological polar surface area (TPSA) is 61.4 Å². The lowest BCUT2D eigenvalue weighted by Crippen LogP contribution is -2.47. The van der Waals surface area contributed by atoms with Gasteiger partial charge in [0.2, 0.25) is 0 Å². The van der Waals surface area contributed by atoms with Gasteiger partial charge < -0.3 is 15.5 Å². The van der Waals surface area contributed by atoms with E-state index in [1.807, 2.05) is 19.9 Å². The lowest BCUT2D eigenvalue weighted by molar-refractivity contribution is -0.137. The Morgan fingerprint density at radius 2 is 1.88 bits per heavy atom. The van der Waals surface area contributed by atoms with Gasteiger partial charge in [0.25, 0.3) is 5.91 Å². The smallest absolute Gasteiger partial charge is 0.348 e. The van der Waals surface area contributed by atoms with Crippen LogP contribution in [0.1, 0.15) is 59.7 Å². The molecule has 5 nitrogen and oxygen atoms in total. The Morgan fingerprint density at radius 1 is 1.12 bits per heavy atom. The summed E-state index contributed by atoms with van der Waals surface area (Å²) < 4.78 is 38.6. The Morgan fingerprint density at radius 3 is 2.59 bits per heavy atom. The van der Waals surface area contributed by atoms with Crippen molar-refractivity contribution >= 4 is 11.9 Å². The van der Waals surface area contributed by atoms with Crippen molar-refractivity contribution in [3.8, 4) is 0 Å². The van der Waals surface area contributed by atoms with E-state index < -0.39 is 11.7 Å². The number of urea groups is 1. The van der Waals surface area contributed by atoms with Gasteiger partial charge in [-0.25, -0.2) is 4.79 Å². The molecule has 2 N–H and O–H groups in total. The van der Waals surface area contributed by atoms with Crippen LogP contribution in [0.3, 0.4) is 0 Å². The van der Waals surface area contributed by atoms with Crippen LogP contribution in [-0.4, -0.2) is 36.0 Å². The van der Waals surface area contributed by atoms with E-state index in [2.05, 4.69) is 10.6 Å². The Labute approximate surface area is 186 Å². The number of carbonyl (C=O) groups is 2. The maximum absolute atomic E-state index is 12.9. The number of rotatable bonds is 5. The fourth-order valence-corrected chi connectivity index (χ4v) is 3.85. The van der Waals surface area contributed by atoms with Crippen LogP contribution in [-0.2, 0) is 12.7 Å². The Bertz CT molecular complexity index is 960. The van der Waals surface area contributed by atoms with Crippen molar-refractivity contribution in [2.45, 2.75) is 51.4 Å². The standard InChI is InChI=1S/C24H28F3N3O2/c1-16(2)29-23(32)30-11-5-9-20(15-30)18-7-4-8-19(13-18)22(31)28-14-17-6-3-10-21(12-17)24(25,26)27/h3-4,6-8,10,12-13,16,20H,5,9,11,14-15H2,1-2H3,(H,28,31)(H,29,32)/t20-/m1/s1. The molecule has 2 aromatic carbocycles. The average molecular weight is 448 g/mol. The highest BCUT2D eigenvalue weighted by Crippen LogP contribution is 2.30. The molecule has 1 saturated heterocycles. The van der Waals surface area contributed by atoms with Gasteiger partial charge in [0, 0.05) is 37.2 Å². The summed E-state index contributed by atoms with van der Waals surface area (Å²) in [7, 11) is 0. The molecular weight excluding hydrogens is 419 g/mol. The first-order valence-corrected chi connectivity index (χ1v) is 10.7. The third-order valence-corrected chi connectivity index (χ3v) is 5.45. The number of hydrogen-bond donors (Lipinski definition) is 2. The lowest BCUT2D eigenvalue weighted by Gasteiger charge is -2.33. The summed E-state index contributed by atoms with van der Waals surface area (Å²) in [5.41, 5.74) is 1.05. The van der Waals surface area contributed by atoms with Crippen molar-refractivity contribution in [1.29, 1.82) is 0 Å². The van der Waals surface area contributed by atoms with E-state index in [-0.39, 0.29) is 30.4 Å². The second-order valence-corrected chi connectivity index (χ2v) is 8.40. The summed E-state index contributed by atoms with van der Waals surface area (Å²) in [4.78, 5) is 26.8. The summed E-state index contributed by atoms with van der Waals surface area (Å²) in [6.07, 6.45) is -2.63. The van der Waals surface area contributed by atoms with Crippen molar-refractivity contribution in [2.75, 3.05) is 13.1 Å². The van der Waals surface area contributed by atoms with Crippen molar-refractivity contribution in [2.24, 2.45) is 0 Å². The summed E-state index contributed by atoms with van der Waals surface area (Å²) in [6.45, 7) is 5.11. The fourth-order valence-electron chi connectivity index (χ4n) is 3.85. The van der Waals surface area contributed by atoms with Gasteiger partial charge in [-0.05, 0) is 62.1 Å². The third kappa shape index (κ3) is 6.24. The molecule has 8 heteroatoms. The predicted molar refractivity (Wildman–Crippen MR) is 116 cm³/mol. The summed E-state index contributed by atoms with van der Waals surface area (Å²) in [6, 6.07) is 12.1. The van der Waals surface area contributed by atoms with Crippen molar-refractivity contribution < 1.29 is 22.8 Å². The monoisotopic (exact) mass is 447 g/mol. The zero-order chi connectivity index (χ0) is 23.3. The number of benzene rings is 2. The predicted octanol–water partition coefficient (Wildman–Crippen LogP) is 4.93.